The van der Waals surface area contributed by atoms with Crippen LogP contribution in [0.2, 0.25) is 0 Å². The minimum absolute atomic E-state index is 0.519. The van der Waals surface area contributed by atoms with Crippen molar-refractivity contribution >= 4 is 0 Å². The van der Waals surface area contributed by atoms with Crippen molar-refractivity contribution in [1.29, 1.82) is 0 Å². The maximum absolute atomic E-state index is 5.77. The van der Waals surface area contributed by atoms with Crippen LogP contribution in [0.5, 0.6) is 0 Å². The zero-order valence-electron chi connectivity index (χ0n) is 11.8. The molecule has 0 radical (unpaired) electrons. The summed E-state index contributed by atoms with van der Waals surface area (Å²) in [7, 11) is 0. The Hall–Kier alpha value is -0.0400. The fraction of sp³-hybridized carbons (Fsp3) is 1.00. The Bertz CT molecular complexity index is 206. The van der Waals surface area contributed by atoms with E-state index in [1.165, 1.54) is 57.8 Å². The van der Waals surface area contributed by atoms with Gasteiger partial charge in [0.25, 0.3) is 0 Å². The summed E-state index contributed by atoms with van der Waals surface area (Å²) in [6.45, 7) is 5.67. The van der Waals surface area contributed by atoms with Crippen molar-refractivity contribution in [3.05, 3.63) is 0 Å². The van der Waals surface area contributed by atoms with Gasteiger partial charge in [-0.3, -0.25) is 0 Å². The Labute approximate surface area is 107 Å². The van der Waals surface area contributed by atoms with Crippen molar-refractivity contribution < 1.29 is 4.74 Å². The van der Waals surface area contributed by atoms with Gasteiger partial charge in [-0.05, 0) is 43.9 Å². The third kappa shape index (κ3) is 4.62. The lowest BCUT2D eigenvalue weighted by atomic mass is 9.87. The van der Waals surface area contributed by atoms with E-state index in [0.29, 0.717) is 6.10 Å². The molecule has 2 rings (SSSR count). The molecule has 0 N–H and O–H groups in total. The smallest absolute Gasteiger partial charge is 0.0547 e. The van der Waals surface area contributed by atoms with Crippen LogP contribution in [0.1, 0.15) is 71.6 Å². The molecule has 17 heavy (non-hydrogen) atoms. The lowest BCUT2D eigenvalue weighted by molar-refractivity contribution is -0.00874. The molecule has 0 aromatic rings. The molecular formula is C16H30O. The van der Waals surface area contributed by atoms with Gasteiger partial charge >= 0.3 is 0 Å². The third-order valence-corrected chi connectivity index (χ3v) is 4.96. The second kappa shape index (κ2) is 6.78. The Balaban J connectivity index is 1.64. The molecule has 1 saturated heterocycles. The summed E-state index contributed by atoms with van der Waals surface area (Å²) >= 11 is 0. The van der Waals surface area contributed by atoms with E-state index in [1.807, 2.05) is 0 Å². The van der Waals surface area contributed by atoms with Gasteiger partial charge in [-0.25, -0.2) is 0 Å². The summed E-state index contributed by atoms with van der Waals surface area (Å²) in [6, 6.07) is 0. The van der Waals surface area contributed by atoms with E-state index in [0.717, 1.165) is 24.4 Å². The molecule has 1 aliphatic heterocycles. The van der Waals surface area contributed by atoms with Gasteiger partial charge in [-0.2, -0.15) is 0 Å². The second-order valence-electron chi connectivity index (χ2n) is 6.64. The molecule has 100 valence electrons. The molecule has 4 atom stereocenters. The van der Waals surface area contributed by atoms with Crippen LogP contribution >= 0.6 is 0 Å². The predicted molar refractivity (Wildman–Crippen MR) is 73.1 cm³/mol. The average molecular weight is 238 g/mol. The van der Waals surface area contributed by atoms with Gasteiger partial charge in [0, 0.05) is 6.61 Å². The maximum Gasteiger partial charge on any atom is 0.0547 e. The molecule has 0 aromatic heterocycles. The van der Waals surface area contributed by atoms with Gasteiger partial charge in [0.15, 0.2) is 0 Å². The molecule has 2 fully saturated rings. The summed E-state index contributed by atoms with van der Waals surface area (Å²) < 4.78 is 5.77. The largest absolute Gasteiger partial charge is 0.378 e. The first-order chi connectivity index (χ1) is 8.24. The van der Waals surface area contributed by atoms with E-state index in [4.69, 9.17) is 4.74 Å². The van der Waals surface area contributed by atoms with Crippen LogP contribution in [0.25, 0.3) is 0 Å². The molecule has 1 nitrogen and oxygen atoms in total. The molecule has 0 bridgehead atoms. The molecule has 1 heteroatoms. The highest BCUT2D eigenvalue weighted by atomic mass is 16.5. The Morgan fingerprint density at radius 1 is 0.824 bits per heavy atom. The molecule has 0 aromatic carbocycles. The third-order valence-electron chi connectivity index (χ3n) is 4.96. The van der Waals surface area contributed by atoms with Crippen LogP contribution < -0.4 is 0 Å². The highest BCUT2D eigenvalue weighted by Crippen LogP contribution is 2.32. The van der Waals surface area contributed by atoms with Crippen molar-refractivity contribution in [3.63, 3.8) is 0 Å². The molecule has 1 saturated carbocycles. The normalized spacial score (nSPS) is 39.9. The van der Waals surface area contributed by atoms with E-state index in [-0.39, 0.29) is 0 Å². The van der Waals surface area contributed by atoms with Crippen LogP contribution in [-0.4, -0.2) is 12.7 Å². The van der Waals surface area contributed by atoms with Gasteiger partial charge in [0.1, 0.15) is 0 Å². The molecular weight excluding hydrogens is 208 g/mol. The quantitative estimate of drug-likeness (QED) is 0.642. The number of hydrogen-bond donors (Lipinski definition) is 0. The summed E-state index contributed by atoms with van der Waals surface area (Å²) in [5.74, 6) is 2.88. The van der Waals surface area contributed by atoms with Crippen LogP contribution in [0, 0.1) is 17.8 Å². The minimum Gasteiger partial charge on any atom is -0.378 e. The summed E-state index contributed by atoms with van der Waals surface area (Å²) in [5, 5.41) is 0. The SMILES string of the molecule is CC1CCCC(CCC2CCC(C)OC2)CC1. The van der Waals surface area contributed by atoms with Crippen molar-refractivity contribution in [2.75, 3.05) is 6.61 Å². The first kappa shape index (κ1) is 13.4. The second-order valence-corrected chi connectivity index (χ2v) is 6.64. The summed E-state index contributed by atoms with van der Waals surface area (Å²) in [5.41, 5.74) is 0. The van der Waals surface area contributed by atoms with Crippen LogP contribution in [0.4, 0.5) is 0 Å². The van der Waals surface area contributed by atoms with Crippen LogP contribution in [0.3, 0.4) is 0 Å². The van der Waals surface area contributed by atoms with Crippen molar-refractivity contribution in [2.24, 2.45) is 17.8 Å². The van der Waals surface area contributed by atoms with E-state index in [1.54, 1.807) is 0 Å². The fourth-order valence-corrected chi connectivity index (χ4v) is 3.49. The fourth-order valence-electron chi connectivity index (χ4n) is 3.49. The lowest BCUT2D eigenvalue weighted by Gasteiger charge is -2.28. The van der Waals surface area contributed by atoms with E-state index >= 15 is 0 Å². The molecule has 0 spiro atoms. The van der Waals surface area contributed by atoms with E-state index < -0.39 is 0 Å². The van der Waals surface area contributed by atoms with Crippen molar-refractivity contribution in [2.45, 2.75) is 77.7 Å². The molecule has 2 aliphatic rings. The highest BCUT2D eigenvalue weighted by Gasteiger charge is 2.21. The van der Waals surface area contributed by atoms with Crippen LogP contribution in [0.15, 0.2) is 0 Å². The van der Waals surface area contributed by atoms with E-state index in [9.17, 15) is 0 Å². The minimum atomic E-state index is 0.519. The molecule has 1 heterocycles. The summed E-state index contributed by atoms with van der Waals surface area (Å²) in [6.07, 6.45) is 13.5. The van der Waals surface area contributed by atoms with Gasteiger partial charge in [0.05, 0.1) is 6.10 Å². The monoisotopic (exact) mass is 238 g/mol. The van der Waals surface area contributed by atoms with Crippen molar-refractivity contribution in [1.82, 2.24) is 0 Å². The van der Waals surface area contributed by atoms with E-state index in [2.05, 4.69) is 13.8 Å². The zero-order chi connectivity index (χ0) is 12.1. The standard InChI is InChI=1S/C16H30O/c1-13-4-3-5-15(8-6-13)10-11-16-9-7-14(2)17-12-16/h13-16H,3-12H2,1-2H3. The maximum atomic E-state index is 5.77. The predicted octanol–water partition coefficient (Wildman–Crippen LogP) is 4.80. The zero-order valence-corrected chi connectivity index (χ0v) is 11.8. The molecule has 4 unspecified atom stereocenters. The summed E-state index contributed by atoms with van der Waals surface area (Å²) in [4.78, 5) is 0. The first-order valence-electron chi connectivity index (χ1n) is 7.85. The average Bonchev–Trinajstić information content (AvgIpc) is 2.54. The lowest BCUT2D eigenvalue weighted by Crippen LogP contribution is -2.24. The molecule has 0 amide bonds. The first-order valence-corrected chi connectivity index (χ1v) is 7.85. The van der Waals surface area contributed by atoms with Gasteiger partial charge in [-0.15, -0.1) is 0 Å². The van der Waals surface area contributed by atoms with Gasteiger partial charge < -0.3 is 4.74 Å². The highest BCUT2D eigenvalue weighted by molar-refractivity contribution is 4.72. The Kier molecular flexibility index (Phi) is 5.34. The number of hydrogen-bond acceptors (Lipinski definition) is 1. The van der Waals surface area contributed by atoms with Crippen molar-refractivity contribution in [3.8, 4) is 0 Å². The Morgan fingerprint density at radius 3 is 2.35 bits per heavy atom. The Morgan fingerprint density at radius 2 is 1.59 bits per heavy atom. The van der Waals surface area contributed by atoms with Gasteiger partial charge in [-0.1, -0.05) is 45.4 Å². The van der Waals surface area contributed by atoms with Crippen LogP contribution in [-0.2, 0) is 4.74 Å². The van der Waals surface area contributed by atoms with Gasteiger partial charge in [0.2, 0.25) is 0 Å². The topological polar surface area (TPSA) is 9.23 Å². The molecule has 1 aliphatic carbocycles. The number of ether oxygens (including phenoxy) is 1. The number of rotatable bonds is 3.